The molecule has 2 heterocycles. The predicted octanol–water partition coefficient (Wildman–Crippen LogP) is 3.49. The summed E-state index contributed by atoms with van der Waals surface area (Å²) in [6, 6.07) is 3.81. The zero-order valence-electron chi connectivity index (χ0n) is 14.3. The van der Waals surface area contributed by atoms with E-state index in [2.05, 4.69) is 20.5 Å². The molecule has 130 valence electrons. The highest BCUT2D eigenvalue weighted by Gasteiger charge is 2.22. The first-order chi connectivity index (χ1) is 11.9. The molecule has 1 aliphatic heterocycles. The van der Waals surface area contributed by atoms with Crippen LogP contribution >= 0.6 is 23.1 Å². The van der Waals surface area contributed by atoms with Crippen molar-refractivity contribution in [1.82, 2.24) is 10.2 Å². The zero-order chi connectivity index (χ0) is 18.0. The molecule has 1 aromatic carbocycles. The highest BCUT2D eigenvalue weighted by molar-refractivity contribution is 8.00. The highest BCUT2D eigenvalue weighted by atomic mass is 32.2. The molecule has 0 atom stereocenters. The normalized spacial score (nSPS) is 13.4. The lowest BCUT2D eigenvalue weighted by Gasteiger charge is -2.17. The van der Waals surface area contributed by atoms with Gasteiger partial charge in [-0.1, -0.05) is 17.4 Å². The van der Waals surface area contributed by atoms with E-state index in [9.17, 15) is 9.59 Å². The standard InChI is InChI=1S/C17H18N4O2S2/c1-9-4-5-13-14(22)6-12(18-16(13)10(9)2)7-24-8-15(23)19-17-21-20-11(3)25-17/h4-5H,6-8H2,1-3H3,(H,19,21,23). The average molecular weight is 374 g/mol. The van der Waals surface area contributed by atoms with Gasteiger partial charge in [0.05, 0.1) is 17.9 Å². The number of fused-ring (bicyclic) bond motifs is 1. The third kappa shape index (κ3) is 4.13. The monoisotopic (exact) mass is 374 g/mol. The summed E-state index contributed by atoms with van der Waals surface area (Å²) in [5.41, 5.74) is 4.45. The van der Waals surface area contributed by atoms with Gasteiger partial charge in [-0.3, -0.25) is 19.9 Å². The van der Waals surface area contributed by atoms with Crippen molar-refractivity contribution in [2.75, 3.05) is 16.8 Å². The van der Waals surface area contributed by atoms with Crippen molar-refractivity contribution in [3.05, 3.63) is 33.8 Å². The van der Waals surface area contributed by atoms with Crippen molar-refractivity contribution in [3.63, 3.8) is 0 Å². The minimum absolute atomic E-state index is 0.0949. The summed E-state index contributed by atoms with van der Waals surface area (Å²) in [5, 5.41) is 11.8. The van der Waals surface area contributed by atoms with Gasteiger partial charge in [-0.25, -0.2) is 0 Å². The number of aliphatic imine (C=N–C) groups is 1. The van der Waals surface area contributed by atoms with Crippen molar-refractivity contribution >= 4 is 51.3 Å². The first-order valence-electron chi connectivity index (χ1n) is 7.81. The number of thioether (sulfide) groups is 1. The Morgan fingerprint density at radius 3 is 2.80 bits per heavy atom. The number of aromatic nitrogens is 2. The molecule has 0 bridgehead atoms. The number of rotatable bonds is 5. The largest absolute Gasteiger partial charge is 0.300 e. The van der Waals surface area contributed by atoms with Crippen LogP contribution in [0, 0.1) is 20.8 Å². The molecule has 1 aliphatic rings. The molecule has 0 spiro atoms. The molecular weight excluding hydrogens is 356 g/mol. The SMILES string of the molecule is Cc1nnc(NC(=O)CSCC2=Nc3c(ccc(C)c3C)C(=O)C2)s1. The fourth-order valence-electron chi connectivity index (χ4n) is 2.50. The maximum Gasteiger partial charge on any atom is 0.236 e. The Kier molecular flexibility index (Phi) is 5.29. The van der Waals surface area contributed by atoms with Gasteiger partial charge < -0.3 is 0 Å². The van der Waals surface area contributed by atoms with Crippen LogP contribution in [0.25, 0.3) is 0 Å². The first-order valence-corrected chi connectivity index (χ1v) is 9.78. The van der Waals surface area contributed by atoms with Crippen LogP contribution in [0.1, 0.15) is 32.9 Å². The van der Waals surface area contributed by atoms with E-state index in [0.29, 0.717) is 22.9 Å². The predicted molar refractivity (Wildman–Crippen MR) is 103 cm³/mol. The number of hydrogen-bond acceptors (Lipinski definition) is 7. The van der Waals surface area contributed by atoms with Gasteiger partial charge >= 0.3 is 0 Å². The van der Waals surface area contributed by atoms with Crippen LogP contribution in [0.4, 0.5) is 10.8 Å². The number of carbonyl (C=O) groups excluding carboxylic acids is 2. The van der Waals surface area contributed by atoms with Gasteiger partial charge in [-0.05, 0) is 38.0 Å². The van der Waals surface area contributed by atoms with E-state index in [1.165, 1.54) is 23.1 Å². The third-order valence-electron chi connectivity index (χ3n) is 3.91. The lowest BCUT2D eigenvalue weighted by atomic mass is 9.95. The number of amides is 1. The molecule has 0 radical (unpaired) electrons. The van der Waals surface area contributed by atoms with Crippen LogP contribution in [-0.2, 0) is 4.79 Å². The van der Waals surface area contributed by atoms with Gasteiger partial charge in [0.1, 0.15) is 5.01 Å². The summed E-state index contributed by atoms with van der Waals surface area (Å²) in [7, 11) is 0. The molecule has 0 fully saturated rings. The van der Waals surface area contributed by atoms with Gasteiger partial charge in [0, 0.05) is 17.0 Å². The second kappa shape index (κ2) is 7.45. The minimum Gasteiger partial charge on any atom is -0.300 e. The van der Waals surface area contributed by atoms with Gasteiger partial charge in [0.25, 0.3) is 0 Å². The van der Waals surface area contributed by atoms with Crippen molar-refractivity contribution in [2.45, 2.75) is 27.2 Å². The fraction of sp³-hybridized carbons (Fsp3) is 0.353. The number of nitrogens with zero attached hydrogens (tertiary/aromatic N) is 3. The summed E-state index contributed by atoms with van der Waals surface area (Å²) >= 11 is 2.78. The Morgan fingerprint density at radius 2 is 2.08 bits per heavy atom. The van der Waals surface area contributed by atoms with Gasteiger partial charge in [-0.2, -0.15) is 0 Å². The zero-order valence-corrected chi connectivity index (χ0v) is 15.9. The second-order valence-electron chi connectivity index (χ2n) is 5.85. The average Bonchev–Trinajstić information content (AvgIpc) is 2.96. The number of ketones is 1. The number of aryl methyl sites for hydroxylation is 2. The molecule has 0 saturated carbocycles. The van der Waals surface area contributed by atoms with E-state index in [1.807, 2.05) is 32.9 Å². The number of benzene rings is 1. The van der Waals surface area contributed by atoms with Crippen molar-refractivity contribution < 1.29 is 9.59 Å². The molecule has 25 heavy (non-hydrogen) atoms. The van der Waals surface area contributed by atoms with E-state index in [0.717, 1.165) is 27.5 Å². The van der Waals surface area contributed by atoms with Crippen molar-refractivity contribution in [3.8, 4) is 0 Å². The second-order valence-corrected chi connectivity index (χ2v) is 8.02. The molecule has 3 rings (SSSR count). The highest BCUT2D eigenvalue weighted by Crippen LogP contribution is 2.32. The molecule has 1 aromatic heterocycles. The Labute approximate surface area is 154 Å². The van der Waals surface area contributed by atoms with Gasteiger partial charge in [0.2, 0.25) is 11.0 Å². The number of nitrogens with one attached hydrogen (secondary N) is 1. The van der Waals surface area contributed by atoms with E-state index in [4.69, 9.17) is 0 Å². The van der Waals surface area contributed by atoms with E-state index in [1.54, 1.807) is 0 Å². The van der Waals surface area contributed by atoms with Crippen LogP contribution in [0.5, 0.6) is 0 Å². The molecule has 8 heteroatoms. The van der Waals surface area contributed by atoms with Gasteiger partial charge in [0.15, 0.2) is 5.78 Å². The number of Topliss-reactive ketones (excluding diaryl/α,β-unsaturated/α-hetero) is 1. The first kappa shape index (κ1) is 17.8. The molecule has 6 nitrogen and oxygen atoms in total. The quantitative estimate of drug-likeness (QED) is 0.866. The maximum absolute atomic E-state index is 12.3. The maximum atomic E-state index is 12.3. The summed E-state index contributed by atoms with van der Waals surface area (Å²) in [5.74, 6) is 0.806. The Bertz CT molecular complexity index is 874. The van der Waals surface area contributed by atoms with E-state index < -0.39 is 0 Å². The van der Waals surface area contributed by atoms with E-state index in [-0.39, 0.29) is 17.4 Å². The lowest BCUT2D eigenvalue weighted by molar-refractivity contribution is -0.113. The molecule has 0 saturated heterocycles. The van der Waals surface area contributed by atoms with Crippen LogP contribution in [0.2, 0.25) is 0 Å². The van der Waals surface area contributed by atoms with Crippen LogP contribution in [-0.4, -0.2) is 39.1 Å². The van der Waals surface area contributed by atoms with Crippen LogP contribution in [0.15, 0.2) is 17.1 Å². The summed E-state index contributed by atoms with van der Waals surface area (Å²) < 4.78 is 0. The number of anilines is 1. The molecule has 0 unspecified atom stereocenters. The van der Waals surface area contributed by atoms with Gasteiger partial charge in [-0.15, -0.1) is 22.0 Å². The summed E-state index contributed by atoms with van der Waals surface area (Å²) in [6.45, 7) is 5.83. The number of carbonyl (C=O) groups is 2. The Balaban J connectivity index is 1.60. The van der Waals surface area contributed by atoms with Crippen LogP contribution in [0.3, 0.4) is 0 Å². The fourth-order valence-corrected chi connectivity index (χ4v) is 3.87. The van der Waals surface area contributed by atoms with Crippen LogP contribution < -0.4 is 5.32 Å². The topological polar surface area (TPSA) is 84.3 Å². The third-order valence-corrected chi connectivity index (χ3v) is 5.67. The summed E-state index contributed by atoms with van der Waals surface area (Å²) in [4.78, 5) is 28.9. The Hall–Kier alpha value is -2.06. The smallest absolute Gasteiger partial charge is 0.236 e. The lowest BCUT2D eigenvalue weighted by Crippen LogP contribution is -2.18. The van der Waals surface area contributed by atoms with Crippen molar-refractivity contribution in [1.29, 1.82) is 0 Å². The summed E-state index contributed by atoms with van der Waals surface area (Å²) in [6.07, 6.45) is 0.319. The van der Waals surface area contributed by atoms with Crippen molar-refractivity contribution in [2.24, 2.45) is 4.99 Å². The minimum atomic E-state index is -0.128. The molecule has 1 N–H and O–H groups in total. The molecular formula is C17H18N4O2S2. The van der Waals surface area contributed by atoms with E-state index >= 15 is 0 Å². The molecule has 0 aliphatic carbocycles. The molecule has 2 aromatic rings. The number of hydrogen-bond donors (Lipinski definition) is 1. The Morgan fingerprint density at radius 1 is 1.28 bits per heavy atom. The molecule has 1 amide bonds.